The highest BCUT2D eigenvalue weighted by atomic mass is 19.2. The number of carbonyl (C=O) groups excluding carboxylic acids is 1. The van der Waals surface area contributed by atoms with Crippen LogP contribution >= 0.6 is 0 Å². The molecule has 0 bridgehead atoms. The molecule has 0 aliphatic rings. The molecule has 106 valence electrons. The normalized spacial score (nSPS) is 14.0. The summed E-state index contributed by atoms with van der Waals surface area (Å²) in [5.74, 6) is -1.78. The first-order valence-corrected chi connectivity index (χ1v) is 6.60. The number of hydrogen-bond donors (Lipinski definition) is 0. The second-order valence-electron chi connectivity index (χ2n) is 4.99. The molecule has 0 aliphatic carbocycles. The molecule has 2 atom stereocenters. The van der Waals surface area contributed by atoms with Crippen molar-refractivity contribution in [2.24, 2.45) is 5.92 Å². The predicted molar refractivity (Wildman–Crippen MR) is 71.6 cm³/mol. The van der Waals surface area contributed by atoms with Crippen molar-refractivity contribution in [1.29, 1.82) is 0 Å². The average molecular weight is 269 g/mol. The molecule has 0 spiro atoms. The highest BCUT2D eigenvalue weighted by Gasteiger charge is 2.22. The van der Waals surface area contributed by atoms with Crippen LogP contribution < -0.4 is 0 Å². The third-order valence-corrected chi connectivity index (χ3v) is 3.50. The Bertz CT molecular complexity index is 448. The maximum Gasteiger partial charge on any atom is 0.225 e. The quantitative estimate of drug-likeness (QED) is 0.793. The van der Waals surface area contributed by atoms with Crippen molar-refractivity contribution in [3.05, 3.63) is 35.4 Å². The maximum absolute atomic E-state index is 13.2. The number of rotatable bonds is 5. The van der Waals surface area contributed by atoms with Crippen LogP contribution in [0.3, 0.4) is 0 Å². The van der Waals surface area contributed by atoms with Crippen LogP contribution in [0.5, 0.6) is 0 Å². The van der Waals surface area contributed by atoms with E-state index in [4.69, 9.17) is 0 Å². The molecule has 0 saturated carbocycles. The van der Waals surface area contributed by atoms with Crippen LogP contribution in [0.4, 0.5) is 8.78 Å². The SMILES string of the molecule is CCCC(C)C(=O)N(C)C(C)c1ccc(F)c(F)c1. The Morgan fingerprint density at radius 1 is 1.26 bits per heavy atom. The first-order chi connectivity index (χ1) is 8.88. The molecule has 1 aromatic rings. The Hall–Kier alpha value is -1.45. The van der Waals surface area contributed by atoms with Gasteiger partial charge in [-0.05, 0) is 31.0 Å². The number of halogens is 2. The van der Waals surface area contributed by atoms with Gasteiger partial charge in [0.15, 0.2) is 11.6 Å². The fourth-order valence-electron chi connectivity index (χ4n) is 2.09. The predicted octanol–water partition coefficient (Wildman–Crippen LogP) is 3.92. The van der Waals surface area contributed by atoms with Crippen LogP contribution in [-0.2, 0) is 4.79 Å². The van der Waals surface area contributed by atoms with Gasteiger partial charge in [-0.15, -0.1) is 0 Å². The van der Waals surface area contributed by atoms with E-state index in [2.05, 4.69) is 0 Å². The van der Waals surface area contributed by atoms with E-state index in [9.17, 15) is 13.6 Å². The lowest BCUT2D eigenvalue weighted by Gasteiger charge is -2.28. The second kappa shape index (κ2) is 6.64. The van der Waals surface area contributed by atoms with Crippen LogP contribution in [-0.4, -0.2) is 17.9 Å². The number of benzene rings is 1. The second-order valence-corrected chi connectivity index (χ2v) is 4.99. The van der Waals surface area contributed by atoms with Gasteiger partial charge in [-0.25, -0.2) is 8.78 Å². The molecule has 2 unspecified atom stereocenters. The van der Waals surface area contributed by atoms with E-state index in [0.29, 0.717) is 5.56 Å². The van der Waals surface area contributed by atoms with E-state index in [1.54, 1.807) is 11.9 Å². The van der Waals surface area contributed by atoms with Crippen LogP contribution in [0.25, 0.3) is 0 Å². The van der Waals surface area contributed by atoms with Gasteiger partial charge in [0.1, 0.15) is 0 Å². The highest BCUT2D eigenvalue weighted by molar-refractivity contribution is 5.78. The summed E-state index contributed by atoms with van der Waals surface area (Å²) in [7, 11) is 1.69. The summed E-state index contributed by atoms with van der Waals surface area (Å²) < 4.78 is 26.1. The lowest BCUT2D eigenvalue weighted by Crippen LogP contribution is -2.34. The molecule has 0 heterocycles. The van der Waals surface area contributed by atoms with Gasteiger partial charge in [0.2, 0.25) is 5.91 Å². The monoisotopic (exact) mass is 269 g/mol. The lowest BCUT2D eigenvalue weighted by atomic mass is 10.0. The molecule has 1 rings (SSSR count). The molecule has 19 heavy (non-hydrogen) atoms. The summed E-state index contributed by atoms with van der Waals surface area (Å²) in [5, 5.41) is 0. The zero-order chi connectivity index (χ0) is 14.6. The average Bonchev–Trinajstić information content (AvgIpc) is 2.39. The third kappa shape index (κ3) is 3.75. The minimum atomic E-state index is -0.883. The zero-order valence-corrected chi connectivity index (χ0v) is 11.9. The number of carbonyl (C=O) groups is 1. The number of hydrogen-bond acceptors (Lipinski definition) is 1. The van der Waals surface area contributed by atoms with E-state index in [-0.39, 0.29) is 17.9 Å². The van der Waals surface area contributed by atoms with E-state index < -0.39 is 11.6 Å². The summed E-state index contributed by atoms with van der Waals surface area (Å²) in [6.45, 7) is 5.73. The summed E-state index contributed by atoms with van der Waals surface area (Å²) in [6, 6.07) is 3.47. The van der Waals surface area contributed by atoms with E-state index in [1.807, 2.05) is 20.8 Å². The topological polar surface area (TPSA) is 20.3 Å². The standard InChI is InChI=1S/C15H21F2NO/c1-5-6-10(2)15(19)18(4)11(3)12-7-8-13(16)14(17)9-12/h7-11H,5-6H2,1-4H3. The van der Waals surface area contributed by atoms with Gasteiger partial charge in [0.25, 0.3) is 0 Å². The van der Waals surface area contributed by atoms with E-state index in [1.165, 1.54) is 6.07 Å². The molecular weight excluding hydrogens is 248 g/mol. The largest absolute Gasteiger partial charge is 0.339 e. The molecule has 0 fully saturated rings. The van der Waals surface area contributed by atoms with Gasteiger partial charge in [-0.2, -0.15) is 0 Å². The van der Waals surface area contributed by atoms with Gasteiger partial charge >= 0.3 is 0 Å². The lowest BCUT2D eigenvalue weighted by molar-refractivity contribution is -0.135. The summed E-state index contributed by atoms with van der Waals surface area (Å²) in [6.07, 6.45) is 1.77. The van der Waals surface area contributed by atoms with Crippen LogP contribution in [0, 0.1) is 17.6 Å². The molecule has 1 amide bonds. The minimum Gasteiger partial charge on any atom is -0.339 e. The summed E-state index contributed by atoms with van der Waals surface area (Å²) in [4.78, 5) is 13.7. The van der Waals surface area contributed by atoms with E-state index in [0.717, 1.165) is 25.0 Å². The van der Waals surface area contributed by atoms with Crippen molar-refractivity contribution < 1.29 is 13.6 Å². The summed E-state index contributed by atoms with van der Waals surface area (Å²) >= 11 is 0. The first-order valence-electron chi connectivity index (χ1n) is 6.60. The fraction of sp³-hybridized carbons (Fsp3) is 0.533. The van der Waals surface area contributed by atoms with Crippen molar-refractivity contribution in [1.82, 2.24) is 4.90 Å². The van der Waals surface area contributed by atoms with Gasteiger partial charge < -0.3 is 4.90 Å². The molecule has 0 N–H and O–H groups in total. The smallest absolute Gasteiger partial charge is 0.225 e. The van der Waals surface area contributed by atoms with Gasteiger partial charge in [0, 0.05) is 13.0 Å². The third-order valence-electron chi connectivity index (χ3n) is 3.50. The number of amides is 1. The Labute approximate surface area is 113 Å². The molecule has 0 aromatic heterocycles. The van der Waals surface area contributed by atoms with Crippen LogP contribution in [0.15, 0.2) is 18.2 Å². The zero-order valence-electron chi connectivity index (χ0n) is 11.9. The van der Waals surface area contributed by atoms with Crippen molar-refractivity contribution in [3.63, 3.8) is 0 Å². The summed E-state index contributed by atoms with van der Waals surface area (Å²) in [5.41, 5.74) is 0.596. The first kappa shape index (κ1) is 15.6. The molecule has 1 aromatic carbocycles. The number of nitrogens with zero attached hydrogens (tertiary/aromatic N) is 1. The van der Waals surface area contributed by atoms with Crippen molar-refractivity contribution >= 4 is 5.91 Å². The minimum absolute atomic E-state index is 0.0269. The van der Waals surface area contributed by atoms with E-state index >= 15 is 0 Å². The maximum atomic E-state index is 13.2. The molecular formula is C15H21F2NO. The molecule has 0 aliphatic heterocycles. The van der Waals surface area contributed by atoms with Crippen molar-refractivity contribution in [2.45, 2.75) is 39.7 Å². The van der Waals surface area contributed by atoms with Gasteiger partial charge in [0.05, 0.1) is 6.04 Å². The Balaban J connectivity index is 2.83. The molecule has 0 saturated heterocycles. The fourth-order valence-corrected chi connectivity index (χ4v) is 2.09. The van der Waals surface area contributed by atoms with Gasteiger partial charge in [-0.1, -0.05) is 26.3 Å². The molecule has 4 heteroatoms. The molecule has 2 nitrogen and oxygen atoms in total. The molecule has 0 radical (unpaired) electrons. The van der Waals surface area contributed by atoms with Crippen LogP contribution in [0.2, 0.25) is 0 Å². The Morgan fingerprint density at radius 3 is 2.42 bits per heavy atom. The Kier molecular flexibility index (Phi) is 5.45. The van der Waals surface area contributed by atoms with Crippen molar-refractivity contribution in [2.75, 3.05) is 7.05 Å². The van der Waals surface area contributed by atoms with Crippen LogP contribution in [0.1, 0.15) is 45.2 Å². The highest BCUT2D eigenvalue weighted by Crippen LogP contribution is 2.23. The van der Waals surface area contributed by atoms with Gasteiger partial charge in [-0.3, -0.25) is 4.79 Å². The Morgan fingerprint density at radius 2 is 1.89 bits per heavy atom. The van der Waals surface area contributed by atoms with Crippen molar-refractivity contribution in [3.8, 4) is 0 Å².